The number of methoxy groups -OCH3 is 4. The van der Waals surface area contributed by atoms with Crippen LogP contribution in [-0.2, 0) is 86.1 Å². The third-order valence-corrected chi connectivity index (χ3v) is 21.5. The summed E-state index contributed by atoms with van der Waals surface area (Å²) in [5, 5.41) is 30.9. The number of carboxylic acids is 2. The Hall–Kier alpha value is -9.64. The van der Waals surface area contributed by atoms with Crippen LogP contribution < -0.4 is 65.8 Å². The van der Waals surface area contributed by atoms with Crippen LogP contribution in [0.15, 0.2) is 121 Å². The van der Waals surface area contributed by atoms with E-state index in [1.165, 1.54) is 35.7 Å². The third kappa shape index (κ3) is 26.4. The Labute approximate surface area is 711 Å². The first kappa shape index (κ1) is 99.9. The Morgan fingerprint density at radius 2 is 0.756 bits per heavy atom. The molecule has 5 aromatic carbocycles. The minimum absolute atomic E-state index is 0. The zero-order chi connectivity index (χ0) is 86.9. The van der Waals surface area contributed by atoms with E-state index < -0.39 is 142 Å². The largest absolute Gasteiger partial charge is 1.00 e. The second kappa shape index (κ2) is 43.0. The van der Waals surface area contributed by atoms with E-state index in [2.05, 4.69) is 21.3 Å². The molecule has 3 fully saturated rings. The molecule has 3 aliphatic heterocycles. The fourth-order valence-corrected chi connectivity index (χ4v) is 15.3. The van der Waals surface area contributed by atoms with Crippen LogP contribution in [0, 0.1) is 0 Å². The van der Waals surface area contributed by atoms with E-state index in [0.29, 0.717) is 68.9 Å². The molecule has 0 unspecified atom stereocenters. The average Bonchev–Trinajstić information content (AvgIpc) is 1.69. The van der Waals surface area contributed by atoms with Crippen LogP contribution in [-0.4, -0.2) is 232 Å². The fraction of sp³-hybridized carbons (Fsp3) is 0.545. The molecule has 4 aliphatic rings. The molecule has 0 bridgehead atoms. The fourth-order valence-electron chi connectivity index (χ4n) is 15.3. The summed E-state index contributed by atoms with van der Waals surface area (Å²) in [7, 11) is 5.99. The number of carbonyl (C=O) groups is 10. The van der Waals surface area contributed by atoms with E-state index in [1.807, 2.05) is 123 Å². The number of aliphatic carboxylic acids is 2. The van der Waals surface area contributed by atoms with Gasteiger partial charge in [-0.25, -0.2) is 19.2 Å². The number of fused-ring (bicyclic) bond motifs is 3. The molecule has 11 N–H and O–H groups in total. The first-order valence-electron chi connectivity index (χ1n) is 39.8. The van der Waals surface area contributed by atoms with Gasteiger partial charge in [0.25, 0.3) is 0 Å². The van der Waals surface area contributed by atoms with Crippen LogP contribution in [0.5, 0.6) is 17.2 Å². The van der Waals surface area contributed by atoms with Gasteiger partial charge in [0.1, 0.15) is 76.7 Å². The SMILES string of the molecule is COC(=O)[C@]1(C)CCCN1C(=O)[C@H](Cc1ccc(OC)cc1)NC(=O)[C@@H](N)[C@@H](C)OC(C)(C)C.COc1ccc(C[C@H](NC(=O)[C@@H](N)[C@@H](C)OC(C)(C)C)C(=O)N2CCC[C@@]2(C)C(=O)O)cc1.COc1ccc(C[C@H](NC(=O)[C@@H](NC(=O)OCC2c3ccccc3-c3ccccc32)[C@@H](C)OC(C)(C)C)C(=O)N2CCC[C@@]2(C)C(=O)O)cc1.[Li+].[OH-]. The molecule has 119 heavy (non-hydrogen) atoms. The minimum Gasteiger partial charge on any atom is -0.870 e. The Kier molecular flexibility index (Phi) is 36.1. The number of esters is 1. The van der Waals surface area contributed by atoms with Crippen LogP contribution in [0.2, 0.25) is 0 Å². The predicted octanol–water partition coefficient (Wildman–Crippen LogP) is 5.65. The summed E-state index contributed by atoms with van der Waals surface area (Å²) < 4.78 is 44.1. The normalized spacial score (nSPS) is 19.7. The van der Waals surface area contributed by atoms with Crippen molar-refractivity contribution in [3.8, 4) is 28.4 Å². The van der Waals surface area contributed by atoms with Crippen molar-refractivity contribution in [3.63, 3.8) is 0 Å². The van der Waals surface area contributed by atoms with E-state index in [0.717, 1.165) is 38.9 Å². The van der Waals surface area contributed by atoms with E-state index in [4.69, 9.17) is 49.4 Å². The number of amides is 7. The van der Waals surface area contributed by atoms with Gasteiger partial charge >= 0.3 is 42.9 Å². The molecule has 0 aromatic heterocycles. The number of carboxylic acid groups (broad SMARTS) is 2. The summed E-state index contributed by atoms with van der Waals surface area (Å²) >= 11 is 0. The number of ether oxygens (including phenoxy) is 8. The summed E-state index contributed by atoms with van der Waals surface area (Å²) in [4.78, 5) is 136. The van der Waals surface area contributed by atoms with Crippen molar-refractivity contribution in [2.75, 3.05) is 54.7 Å². The van der Waals surface area contributed by atoms with E-state index >= 15 is 0 Å². The number of nitrogens with two attached hydrogens (primary N) is 2. The minimum atomic E-state index is -1.42. The predicted molar refractivity (Wildman–Crippen MR) is 442 cm³/mol. The summed E-state index contributed by atoms with van der Waals surface area (Å²) in [6.07, 6.45) is 0.581. The van der Waals surface area contributed by atoms with Crippen molar-refractivity contribution in [2.45, 2.75) is 256 Å². The number of likely N-dealkylation sites (tertiary alicyclic amines) is 3. The van der Waals surface area contributed by atoms with Crippen LogP contribution in [0.4, 0.5) is 4.79 Å². The van der Waals surface area contributed by atoms with Gasteiger partial charge in [0.15, 0.2) is 0 Å². The second-order valence-electron chi connectivity index (χ2n) is 33.8. The van der Waals surface area contributed by atoms with Crippen LogP contribution in [0.25, 0.3) is 11.1 Å². The molecule has 5 aromatic rings. The van der Waals surface area contributed by atoms with Gasteiger partial charge in [0, 0.05) is 44.8 Å². The Balaban J connectivity index is 0.000000326. The molecule has 3 heterocycles. The van der Waals surface area contributed by atoms with Crippen LogP contribution in [0.3, 0.4) is 0 Å². The maximum absolute atomic E-state index is 14.1. The topological polar surface area (TPSA) is 425 Å². The molecule has 31 heteroatoms. The monoisotopic (exact) mass is 1650 g/mol. The van der Waals surface area contributed by atoms with Gasteiger partial charge in [0.05, 0.1) is 63.6 Å². The van der Waals surface area contributed by atoms with Crippen LogP contribution in [0.1, 0.15) is 176 Å². The molecule has 9 rings (SSSR count). The van der Waals surface area contributed by atoms with Gasteiger partial charge < -0.3 is 101 Å². The van der Waals surface area contributed by atoms with Crippen molar-refractivity contribution >= 4 is 59.4 Å². The number of benzene rings is 5. The first-order chi connectivity index (χ1) is 54.8. The summed E-state index contributed by atoms with van der Waals surface area (Å²) in [5.74, 6) is -3.88. The van der Waals surface area contributed by atoms with E-state index in [9.17, 15) is 58.2 Å². The van der Waals surface area contributed by atoms with Gasteiger partial charge in [-0.05, 0) is 218 Å². The molecule has 648 valence electrons. The number of hydrogen-bond donors (Lipinski definition) is 8. The Morgan fingerprint density at radius 1 is 0.454 bits per heavy atom. The zero-order valence-electron chi connectivity index (χ0n) is 72.7. The standard InChI is InChI=1S/C39H47N3O8.C25H39N3O6.C24H37N3O6.Li.H2O/c1-24(50-38(2,3)4)33(41-37(47)49-23-31-29-14-9-7-12-27(29)28-13-8-10-15-30(28)31)34(43)40-32(22-25-16-18-26(48-6)19-17-25)35(44)42-21-11-20-39(42,5)36(45)46;1-16(34-24(2,3)4)20(26)21(29)27-19(15-17-9-11-18(32-6)12-10-17)22(30)28-14-8-13-25(28,5)23(31)33-7;1-15(33-23(2,3)4)19(25)20(28)26-18(14-16-8-10-17(32-6)11-9-16)21(29)27-13-7-12-24(27,5)22(30)31;;/h7-10,12-19,24,31-33H,11,20-23H2,1-6H3,(H,40,43)(H,41,47)(H,45,46);9-12,16,19-20H,8,13-15,26H2,1-7H3,(H,27,29);8-11,15,18-19H,7,12-14,25H2,1-6H3,(H,26,28)(H,30,31);;1H2/q;;;+1;/p-1/t24-,32+,33+,39+;16-,19+,20+,25+;15-,18+,19+,24+;;/m111../s1. The molecule has 7 amide bonds. The number of carbonyl (C=O) groups excluding carboxylic acids is 8. The van der Waals surface area contributed by atoms with E-state index in [1.54, 1.807) is 110 Å². The zero-order valence-corrected chi connectivity index (χ0v) is 72.7. The first-order valence-corrected chi connectivity index (χ1v) is 39.8. The Morgan fingerprint density at radius 3 is 1.07 bits per heavy atom. The third-order valence-electron chi connectivity index (χ3n) is 21.5. The number of hydrogen-bond acceptors (Lipinski definition) is 21. The van der Waals surface area contributed by atoms with E-state index in [-0.39, 0.29) is 68.6 Å². The van der Waals surface area contributed by atoms with Crippen molar-refractivity contribution in [2.24, 2.45) is 11.5 Å². The van der Waals surface area contributed by atoms with Crippen molar-refractivity contribution < 1.29 is 120 Å². The average molecular weight is 1650 g/mol. The van der Waals surface area contributed by atoms with Gasteiger partial charge in [0.2, 0.25) is 35.4 Å². The molecule has 1 aliphatic carbocycles. The Bertz CT molecular complexity index is 4220. The van der Waals surface area contributed by atoms with Gasteiger partial charge in [-0.15, -0.1) is 0 Å². The smallest absolute Gasteiger partial charge is 0.870 e. The number of nitrogens with one attached hydrogen (secondary N) is 4. The van der Waals surface area contributed by atoms with Crippen molar-refractivity contribution in [1.29, 1.82) is 0 Å². The van der Waals surface area contributed by atoms with Crippen LogP contribution >= 0.6 is 0 Å². The van der Waals surface area contributed by atoms with Crippen molar-refractivity contribution in [1.82, 2.24) is 36.0 Å². The molecule has 0 spiro atoms. The number of alkyl carbamates (subject to hydrolysis) is 1. The number of nitrogens with zero attached hydrogens (tertiary/aromatic N) is 3. The number of rotatable bonds is 30. The summed E-state index contributed by atoms with van der Waals surface area (Å²) in [6.45, 7) is 27.6. The maximum Gasteiger partial charge on any atom is 1.00 e. The molecule has 12 atom stereocenters. The van der Waals surface area contributed by atoms with Gasteiger partial charge in [-0.2, -0.15) is 0 Å². The van der Waals surface area contributed by atoms with Gasteiger partial charge in [-0.3, -0.25) is 28.8 Å². The molecule has 30 nitrogen and oxygen atoms in total. The quantitative estimate of drug-likeness (QED) is 0.0203. The maximum atomic E-state index is 14.1. The van der Waals surface area contributed by atoms with Crippen molar-refractivity contribution in [3.05, 3.63) is 149 Å². The molecule has 0 saturated carbocycles. The molecular weight excluding hydrogens is 1530 g/mol. The second-order valence-corrected chi connectivity index (χ2v) is 33.8. The summed E-state index contributed by atoms with van der Waals surface area (Å²) in [5.41, 5.74) is 13.5. The molecular formula is C88H124LiN9O21. The van der Waals surface area contributed by atoms with Gasteiger partial charge in [-0.1, -0.05) is 84.9 Å². The molecule has 0 radical (unpaired) electrons. The summed E-state index contributed by atoms with van der Waals surface area (Å²) in [6, 6.07) is 31.2. The molecule has 3 saturated heterocycles.